The molecule has 7 nitrogen and oxygen atoms in total. The number of fused-ring (bicyclic) bond motifs is 3. The number of aromatic nitrogens is 4. The molecule has 0 radical (unpaired) electrons. The molecule has 0 unspecified atom stereocenters. The Kier molecular flexibility index (Phi) is 5.62. The van der Waals surface area contributed by atoms with E-state index in [9.17, 15) is 22.4 Å². The molecule has 6 rings (SSSR count). The van der Waals surface area contributed by atoms with Crippen LogP contribution in [0.1, 0.15) is 35.3 Å². The van der Waals surface area contributed by atoms with Gasteiger partial charge < -0.3 is 10.2 Å². The first-order chi connectivity index (χ1) is 16.3. The fourth-order valence-electron chi connectivity index (χ4n) is 4.80. The van der Waals surface area contributed by atoms with Crippen LogP contribution in [0.3, 0.4) is 0 Å². The Morgan fingerprint density at radius 2 is 1.85 bits per heavy atom. The SMILES string of the molecule is O=C(c1ccc(F)cc1-c1ncccn1)N1C[C@@H]2CC[C@H]1[C@H](Nc1cnc(C(F)(F)F)cn1)C2. The zero-order chi connectivity index (χ0) is 23.9. The van der Waals surface area contributed by atoms with Crippen LogP contribution in [-0.2, 0) is 6.18 Å². The number of halogens is 4. The highest BCUT2D eigenvalue weighted by molar-refractivity contribution is 6.00. The van der Waals surface area contributed by atoms with Crippen molar-refractivity contribution in [3.05, 3.63) is 66.1 Å². The maximum atomic E-state index is 14.0. The quantitative estimate of drug-likeness (QED) is 0.573. The lowest BCUT2D eigenvalue weighted by molar-refractivity contribution is -0.141. The summed E-state index contributed by atoms with van der Waals surface area (Å²) < 4.78 is 52.4. The molecule has 1 aromatic carbocycles. The van der Waals surface area contributed by atoms with E-state index in [4.69, 9.17) is 0 Å². The molecule has 3 fully saturated rings. The van der Waals surface area contributed by atoms with E-state index in [0.29, 0.717) is 23.9 Å². The molecule has 2 saturated heterocycles. The molecule has 2 aromatic heterocycles. The lowest BCUT2D eigenvalue weighted by atomic mass is 9.76. The number of rotatable bonds is 4. The summed E-state index contributed by atoms with van der Waals surface area (Å²) in [5.74, 6) is -0.0622. The maximum Gasteiger partial charge on any atom is 0.434 e. The number of carbonyl (C=O) groups excluding carboxylic acids is 1. The molecule has 3 atom stereocenters. The zero-order valence-electron chi connectivity index (χ0n) is 17.8. The first-order valence-corrected chi connectivity index (χ1v) is 10.8. The standard InChI is InChI=1S/C23H20F4N6O/c24-14-3-4-15(16(9-14)21-28-6-1-7-29-21)22(34)33-12-13-2-5-18(33)17(8-13)32-20-11-30-19(10-31-20)23(25,26)27/h1,3-4,6-7,9-11,13,17-18H,2,5,8,12H2,(H,31,32)/t13-,17-,18+/m1/s1. The van der Waals surface area contributed by atoms with E-state index in [1.165, 1.54) is 30.6 Å². The molecular weight excluding hydrogens is 452 g/mol. The van der Waals surface area contributed by atoms with E-state index in [-0.39, 0.29) is 35.6 Å². The van der Waals surface area contributed by atoms with Crippen molar-refractivity contribution >= 4 is 11.7 Å². The highest BCUT2D eigenvalue weighted by Gasteiger charge is 2.43. The molecule has 1 amide bonds. The van der Waals surface area contributed by atoms with Gasteiger partial charge in [0.05, 0.1) is 24.0 Å². The molecule has 3 aromatic rings. The smallest absolute Gasteiger partial charge is 0.364 e. The highest BCUT2D eigenvalue weighted by Crippen LogP contribution is 2.38. The minimum Gasteiger partial charge on any atom is -0.364 e. The molecule has 3 aliphatic rings. The van der Waals surface area contributed by atoms with E-state index in [1.54, 1.807) is 11.0 Å². The minimum absolute atomic E-state index is 0.195. The summed E-state index contributed by atoms with van der Waals surface area (Å²) in [6.45, 7) is 0.548. The lowest BCUT2D eigenvalue weighted by Gasteiger charge is -2.50. The van der Waals surface area contributed by atoms with Gasteiger partial charge in [-0.1, -0.05) is 0 Å². The topological polar surface area (TPSA) is 83.9 Å². The van der Waals surface area contributed by atoms with Crippen molar-refractivity contribution in [2.45, 2.75) is 37.5 Å². The van der Waals surface area contributed by atoms with Crippen LogP contribution < -0.4 is 5.32 Å². The summed E-state index contributed by atoms with van der Waals surface area (Å²) in [5, 5.41) is 3.16. The molecule has 2 aliphatic heterocycles. The van der Waals surface area contributed by atoms with E-state index >= 15 is 0 Å². The predicted octanol–water partition coefficient (Wildman–Crippen LogP) is 4.20. The summed E-state index contributed by atoms with van der Waals surface area (Å²) in [6, 6.07) is 5.16. The predicted molar refractivity (Wildman–Crippen MR) is 114 cm³/mol. The van der Waals surface area contributed by atoms with Gasteiger partial charge in [0, 0.05) is 30.5 Å². The number of nitrogens with zero attached hydrogens (tertiary/aromatic N) is 5. The largest absolute Gasteiger partial charge is 0.434 e. The molecular formula is C23H20F4N6O. The van der Waals surface area contributed by atoms with Gasteiger partial charge in [-0.25, -0.2) is 24.3 Å². The number of benzene rings is 1. The molecule has 1 N–H and O–H groups in total. The van der Waals surface area contributed by atoms with E-state index in [0.717, 1.165) is 25.5 Å². The van der Waals surface area contributed by atoms with Gasteiger partial charge in [0.15, 0.2) is 11.5 Å². The highest BCUT2D eigenvalue weighted by atomic mass is 19.4. The molecule has 4 heterocycles. The van der Waals surface area contributed by atoms with Crippen LogP contribution in [-0.4, -0.2) is 49.4 Å². The van der Waals surface area contributed by atoms with Crippen molar-refractivity contribution in [3.63, 3.8) is 0 Å². The van der Waals surface area contributed by atoms with Crippen LogP contribution >= 0.6 is 0 Å². The first-order valence-electron chi connectivity index (χ1n) is 10.8. The van der Waals surface area contributed by atoms with E-state index in [1.807, 2.05) is 0 Å². The van der Waals surface area contributed by atoms with Gasteiger partial charge in [0.2, 0.25) is 0 Å². The molecule has 1 saturated carbocycles. The third-order valence-electron chi connectivity index (χ3n) is 6.33. The summed E-state index contributed by atoms with van der Waals surface area (Å²) in [6.07, 6.45) is 2.68. The third-order valence-corrected chi connectivity index (χ3v) is 6.33. The Morgan fingerprint density at radius 1 is 1.06 bits per heavy atom. The Bertz CT molecular complexity index is 1190. The summed E-state index contributed by atoms with van der Waals surface area (Å²) >= 11 is 0. The number of alkyl halides is 3. The van der Waals surface area contributed by atoms with Crippen LogP contribution in [0.15, 0.2) is 49.1 Å². The minimum atomic E-state index is -4.56. The fourth-order valence-corrected chi connectivity index (χ4v) is 4.80. The van der Waals surface area contributed by atoms with Crippen LogP contribution in [0.25, 0.3) is 11.4 Å². The van der Waals surface area contributed by atoms with Gasteiger partial charge in [0.25, 0.3) is 5.91 Å². The van der Waals surface area contributed by atoms with Crippen molar-refractivity contribution in [2.75, 3.05) is 11.9 Å². The van der Waals surface area contributed by atoms with Crippen molar-refractivity contribution in [2.24, 2.45) is 5.92 Å². The average molecular weight is 472 g/mol. The van der Waals surface area contributed by atoms with Crippen LogP contribution in [0.5, 0.6) is 0 Å². The van der Waals surface area contributed by atoms with Crippen LogP contribution in [0, 0.1) is 11.7 Å². The molecule has 2 bridgehead atoms. The molecule has 1 aliphatic carbocycles. The Morgan fingerprint density at radius 3 is 2.53 bits per heavy atom. The second-order valence-corrected chi connectivity index (χ2v) is 8.50. The average Bonchev–Trinajstić information content (AvgIpc) is 2.84. The zero-order valence-corrected chi connectivity index (χ0v) is 17.8. The van der Waals surface area contributed by atoms with Crippen molar-refractivity contribution in [3.8, 4) is 11.4 Å². The monoisotopic (exact) mass is 472 g/mol. The fraction of sp³-hybridized carbons (Fsp3) is 0.348. The Balaban J connectivity index is 1.40. The van der Waals surface area contributed by atoms with E-state index in [2.05, 4.69) is 25.3 Å². The molecule has 176 valence electrons. The number of hydrogen-bond acceptors (Lipinski definition) is 6. The van der Waals surface area contributed by atoms with Crippen molar-refractivity contribution < 1.29 is 22.4 Å². The number of anilines is 1. The van der Waals surface area contributed by atoms with Crippen LogP contribution in [0.4, 0.5) is 23.4 Å². The third kappa shape index (κ3) is 4.29. The number of hydrogen-bond donors (Lipinski definition) is 1. The van der Waals surface area contributed by atoms with Gasteiger partial charge in [-0.2, -0.15) is 13.2 Å². The van der Waals surface area contributed by atoms with Gasteiger partial charge >= 0.3 is 6.18 Å². The summed E-state index contributed by atoms with van der Waals surface area (Å²) in [4.78, 5) is 31.0. The summed E-state index contributed by atoms with van der Waals surface area (Å²) in [5.41, 5.74) is -0.453. The van der Waals surface area contributed by atoms with Gasteiger partial charge in [-0.3, -0.25) is 4.79 Å². The normalized spacial score (nSPS) is 22.0. The molecule has 34 heavy (non-hydrogen) atoms. The van der Waals surface area contributed by atoms with Crippen LogP contribution in [0.2, 0.25) is 0 Å². The second kappa shape index (κ2) is 8.62. The second-order valence-electron chi connectivity index (χ2n) is 8.50. The Hall–Kier alpha value is -3.63. The van der Waals surface area contributed by atoms with Crippen molar-refractivity contribution in [1.29, 1.82) is 0 Å². The number of nitrogens with one attached hydrogen (secondary N) is 1. The first kappa shape index (κ1) is 22.2. The van der Waals surface area contributed by atoms with Gasteiger partial charge in [-0.05, 0) is 49.4 Å². The number of piperidine rings is 2. The molecule has 0 spiro atoms. The van der Waals surface area contributed by atoms with Crippen molar-refractivity contribution in [1.82, 2.24) is 24.8 Å². The lowest BCUT2D eigenvalue weighted by Crippen LogP contribution is -2.59. The summed E-state index contributed by atoms with van der Waals surface area (Å²) in [7, 11) is 0. The molecule has 11 heteroatoms. The maximum absolute atomic E-state index is 14.0. The number of amides is 1. The van der Waals surface area contributed by atoms with Gasteiger partial charge in [-0.15, -0.1) is 0 Å². The van der Waals surface area contributed by atoms with E-state index < -0.39 is 17.7 Å². The number of carbonyl (C=O) groups is 1. The Labute approximate surface area is 192 Å². The van der Waals surface area contributed by atoms with Gasteiger partial charge in [0.1, 0.15) is 11.6 Å².